The first-order valence-corrected chi connectivity index (χ1v) is 6.64. The van der Waals surface area contributed by atoms with Crippen LogP contribution in [0.15, 0.2) is 0 Å². The van der Waals surface area contributed by atoms with Gasteiger partial charge in [-0.15, -0.1) is 0 Å². The molecule has 0 radical (unpaired) electrons. The molecule has 0 N–H and O–H groups in total. The summed E-state index contributed by atoms with van der Waals surface area (Å²) in [6, 6.07) is -0.344. The van der Waals surface area contributed by atoms with Gasteiger partial charge in [0, 0.05) is 6.54 Å². The topological polar surface area (TPSA) is 63.7 Å². The van der Waals surface area contributed by atoms with E-state index in [2.05, 4.69) is 0 Å². The molecule has 1 aliphatic heterocycles. The first-order valence-electron chi connectivity index (χ1n) is 6.64. The fraction of sp³-hybridized carbons (Fsp3) is 0.786. The summed E-state index contributed by atoms with van der Waals surface area (Å²) in [6.45, 7) is 10.0. The Morgan fingerprint density at radius 1 is 1.32 bits per heavy atom. The number of carbonyl (C=O) groups is 3. The molecule has 0 aromatic heterocycles. The van der Waals surface area contributed by atoms with Gasteiger partial charge >= 0.3 is 5.97 Å². The van der Waals surface area contributed by atoms with Crippen molar-refractivity contribution in [3.8, 4) is 0 Å². The van der Waals surface area contributed by atoms with Gasteiger partial charge in [-0.3, -0.25) is 14.4 Å². The number of amides is 1. The number of Topliss-reactive ketones (excluding diaryl/α,β-unsaturated/α-hetero) is 1. The van der Waals surface area contributed by atoms with E-state index >= 15 is 0 Å². The second-order valence-electron chi connectivity index (χ2n) is 6.19. The number of hydrogen-bond donors (Lipinski definition) is 0. The van der Waals surface area contributed by atoms with E-state index in [1.807, 2.05) is 20.8 Å². The Kier molecular flexibility index (Phi) is 4.71. The summed E-state index contributed by atoms with van der Waals surface area (Å²) in [5.41, 5.74) is -0.0651. The van der Waals surface area contributed by atoms with Gasteiger partial charge in [0.2, 0.25) is 5.91 Å². The molecule has 2 atom stereocenters. The lowest BCUT2D eigenvalue weighted by Crippen LogP contribution is -2.65. The minimum Gasteiger partial charge on any atom is -0.466 e. The van der Waals surface area contributed by atoms with Crippen LogP contribution in [0.5, 0.6) is 0 Å². The minimum absolute atomic E-state index is 0.0651. The van der Waals surface area contributed by atoms with E-state index in [-0.39, 0.29) is 35.5 Å². The molecule has 1 heterocycles. The third kappa shape index (κ3) is 3.78. The van der Waals surface area contributed by atoms with Crippen molar-refractivity contribution in [3.63, 3.8) is 0 Å². The van der Waals surface area contributed by atoms with Gasteiger partial charge in [-0.25, -0.2) is 0 Å². The standard InChI is InChI=1S/C14H23NO4/c1-6-19-11(17)7-10-12(9(2)16)13(18)15(10)8-14(3,4)5/h10,12H,6-8H2,1-5H3/t10-,12-/m1/s1. The van der Waals surface area contributed by atoms with Gasteiger partial charge in [0.15, 0.2) is 0 Å². The lowest BCUT2D eigenvalue weighted by Gasteiger charge is -2.48. The van der Waals surface area contributed by atoms with E-state index < -0.39 is 5.92 Å². The maximum atomic E-state index is 12.0. The van der Waals surface area contributed by atoms with Gasteiger partial charge in [-0.05, 0) is 19.3 Å². The molecule has 0 spiro atoms. The molecule has 1 rings (SSSR count). The molecule has 0 unspecified atom stereocenters. The molecule has 1 saturated heterocycles. The van der Waals surface area contributed by atoms with Crippen molar-refractivity contribution in [1.82, 2.24) is 4.90 Å². The highest BCUT2D eigenvalue weighted by molar-refractivity contribution is 6.06. The highest BCUT2D eigenvalue weighted by Gasteiger charge is 2.51. The normalized spacial score (nSPS) is 23.0. The first kappa shape index (κ1) is 15.7. The third-order valence-corrected chi connectivity index (χ3v) is 3.10. The third-order valence-electron chi connectivity index (χ3n) is 3.10. The second kappa shape index (κ2) is 5.72. The maximum absolute atomic E-state index is 12.0. The van der Waals surface area contributed by atoms with Gasteiger partial charge in [0.25, 0.3) is 0 Å². The Labute approximate surface area is 114 Å². The Morgan fingerprint density at radius 3 is 2.32 bits per heavy atom. The molecular formula is C14H23NO4. The number of ether oxygens (including phenoxy) is 1. The zero-order chi connectivity index (χ0) is 14.8. The molecule has 1 aliphatic rings. The van der Waals surface area contributed by atoms with E-state index in [0.29, 0.717) is 13.2 Å². The molecule has 0 aromatic carbocycles. The summed E-state index contributed by atoms with van der Waals surface area (Å²) in [6.07, 6.45) is 0.0971. The molecule has 0 aliphatic carbocycles. The predicted octanol–water partition coefficient (Wildman–Crippen LogP) is 1.40. The highest BCUT2D eigenvalue weighted by Crippen LogP contribution is 2.33. The molecule has 0 aromatic rings. The molecule has 1 amide bonds. The van der Waals surface area contributed by atoms with Crippen LogP contribution in [-0.2, 0) is 19.1 Å². The van der Waals surface area contributed by atoms with Crippen LogP contribution in [0.25, 0.3) is 0 Å². The van der Waals surface area contributed by atoms with Crippen LogP contribution in [0.3, 0.4) is 0 Å². The highest BCUT2D eigenvalue weighted by atomic mass is 16.5. The number of β-lactam (4-membered cyclic amide) rings is 1. The second-order valence-corrected chi connectivity index (χ2v) is 6.19. The van der Waals surface area contributed by atoms with E-state index in [9.17, 15) is 14.4 Å². The van der Waals surface area contributed by atoms with Crippen molar-refractivity contribution in [2.24, 2.45) is 11.3 Å². The van der Waals surface area contributed by atoms with Crippen LogP contribution in [-0.4, -0.2) is 41.8 Å². The van der Waals surface area contributed by atoms with E-state index in [0.717, 1.165) is 0 Å². The fourth-order valence-corrected chi connectivity index (χ4v) is 2.37. The Morgan fingerprint density at radius 2 is 1.89 bits per heavy atom. The average Bonchev–Trinajstić information content (AvgIpc) is 2.24. The molecular weight excluding hydrogens is 246 g/mol. The number of likely N-dealkylation sites (tertiary alicyclic amines) is 1. The summed E-state index contributed by atoms with van der Waals surface area (Å²) in [5, 5.41) is 0. The minimum atomic E-state index is -0.674. The van der Waals surface area contributed by atoms with Crippen LogP contribution in [0, 0.1) is 11.3 Å². The van der Waals surface area contributed by atoms with Crippen molar-refractivity contribution < 1.29 is 19.1 Å². The molecule has 5 heteroatoms. The smallest absolute Gasteiger partial charge is 0.307 e. The van der Waals surface area contributed by atoms with Gasteiger partial charge in [0.05, 0.1) is 19.1 Å². The molecule has 19 heavy (non-hydrogen) atoms. The fourth-order valence-electron chi connectivity index (χ4n) is 2.37. The quantitative estimate of drug-likeness (QED) is 0.430. The van der Waals surface area contributed by atoms with Gasteiger partial charge < -0.3 is 9.64 Å². The number of nitrogens with zero attached hydrogens (tertiary/aromatic N) is 1. The monoisotopic (exact) mass is 269 g/mol. The number of hydrogen-bond acceptors (Lipinski definition) is 4. The summed E-state index contributed by atoms with van der Waals surface area (Å²) in [4.78, 5) is 36.7. The number of ketones is 1. The Balaban J connectivity index is 2.77. The summed E-state index contributed by atoms with van der Waals surface area (Å²) < 4.78 is 4.90. The Bertz CT molecular complexity index is 383. The lowest BCUT2D eigenvalue weighted by molar-refractivity contribution is -0.166. The van der Waals surface area contributed by atoms with Gasteiger partial charge in [-0.2, -0.15) is 0 Å². The zero-order valence-corrected chi connectivity index (χ0v) is 12.4. The van der Waals surface area contributed by atoms with Crippen LogP contribution in [0.2, 0.25) is 0 Å². The molecule has 1 fully saturated rings. The summed E-state index contributed by atoms with van der Waals surface area (Å²) in [7, 11) is 0. The van der Waals surface area contributed by atoms with Crippen LogP contribution < -0.4 is 0 Å². The van der Waals surface area contributed by atoms with Crippen LogP contribution in [0.1, 0.15) is 41.0 Å². The number of rotatable bonds is 5. The lowest BCUT2D eigenvalue weighted by atomic mass is 9.80. The summed E-state index contributed by atoms with van der Waals surface area (Å²) in [5.74, 6) is -1.38. The number of carbonyl (C=O) groups excluding carboxylic acids is 3. The molecule has 0 saturated carbocycles. The van der Waals surface area contributed by atoms with Crippen molar-refractivity contribution in [2.45, 2.75) is 47.1 Å². The maximum Gasteiger partial charge on any atom is 0.307 e. The van der Waals surface area contributed by atoms with Gasteiger partial charge in [-0.1, -0.05) is 20.8 Å². The number of esters is 1. The average molecular weight is 269 g/mol. The van der Waals surface area contributed by atoms with E-state index in [1.165, 1.54) is 6.92 Å². The van der Waals surface area contributed by atoms with Crippen molar-refractivity contribution in [2.75, 3.05) is 13.2 Å². The van der Waals surface area contributed by atoms with E-state index in [4.69, 9.17) is 4.74 Å². The van der Waals surface area contributed by atoms with Crippen molar-refractivity contribution >= 4 is 17.7 Å². The first-order chi connectivity index (χ1) is 8.67. The Hall–Kier alpha value is -1.39. The molecule has 0 bridgehead atoms. The van der Waals surface area contributed by atoms with Crippen LogP contribution in [0.4, 0.5) is 0 Å². The summed E-state index contributed by atoms with van der Waals surface area (Å²) >= 11 is 0. The van der Waals surface area contributed by atoms with Crippen LogP contribution >= 0.6 is 0 Å². The zero-order valence-electron chi connectivity index (χ0n) is 12.4. The predicted molar refractivity (Wildman–Crippen MR) is 70.4 cm³/mol. The van der Waals surface area contributed by atoms with Crippen molar-refractivity contribution in [3.05, 3.63) is 0 Å². The van der Waals surface area contributed by atoms with Crippen molar-refractivity contribution in [1.29, 1.82) is 0 Å². The SMILES string of the molecule is CCOC(=O)C[C@@H]1[C@@H](C(C)=O)C(=O)N1CC(C)(C)C. The van der Waals surface area contributed by atoms with E-state index in [1.54, 1.807) is 11.8 Å². The largest absolute Gasteiger partial charge is 0.466 e. The van der Waals surface area contributed by atoms with Gasteiger partial charge in [0.1, 0.15) is 11.7 Å². The molecule has 108 valence electrons. The molecule has 5 nitrogen and oxygen atoms in total.